The van der Waals surface area contributed by atoms with Crippen LogP contribution in [0, 0.1) is 5.92 Å². The normalized spacial score (nSPS) is 20.5. The topological polar surface area (TPSA) is 71.5 Å². The van der Waals surface area contributed by atoms with Crippen LogP contribution in [0.2, 0.25) is 0 Å². The summed E-state index contributed by atoms with van der Waals surface area (Å²) in [5, 5.41) is 3.01. The van der Waals surface area contributed by atoms with Crippen LogP contribution in [-0.2, 0) is 6.54 Å². The molecule has 1 saturated heterocycles. The monoisotopic (exact) mass is 293 g/mol. The van der Waals surface area contributed by atoms with Gasteiger partial charge in [-0.25, -0.2) is 0 Å². The van der Waals surface area contributed by atoms with E-state index in [4.69, 9.17) is 10.2 Å². The molecule has 1 aliphatic heterocycles. The highest BCUT2D eigenvalue weighted by molar-refractivity contribution is 5.94. The quantitative estimate of drug-likeness (QED) is 0.871. The van der Waals surface area contributed by atoms with Crippen molar-refractivity contribution in [2.24, 2.45) is 11.7 Å². The fourth-order valence-electron chi connectivity index (χ4n) is 2.86. The number of nitrogens with zero attached hydrogens (tertiary/aromatic N) is 1. The van der Waals surface area contributed by atoms with Gasteiger partial charge in [-0.15, -0.1) is 0 Å². The maximum Gasteiger partial charge on any atom is 0.254 e. The van der Waals surface area contributed by atoms with Crippen LogP contribution in [0.25, 0.3) is 0 Å². The molecule has 0 aliphatic carbocycles. The molecule has 1 aliphatic rings. The molecule has 0 spiro atoms. The summed E-state index contributed by atoms with van der Waals surface area (Å²) in [5.41, 5.74) is 5.99. The third-order valence-corrected chi connectivity index (χ3v) is 4.31. The number of rotatable bonds is 5. The van der Waals surface area contributed by atoms with E-state index >= 15 is 0 Å². The fourth-order valence-corrected chi connectivity index (χ4v) is 2.86. The van der Waals surface area contributed by atoms with Crippen molar-refractivity contribution in [2.45, 2.75) is 45.7 Å². The lowest BCUT2D eigenvalue weighted by Gasteiger charge is -2.43. The lowest BCUT2D eigenvalue weighted by atomic mass is 9.93. The first-order chi connectivity index (χ1) is 9.92. The van der Waals surface area contributed by atoms with Gasteiger partial charge in [0.15, 0.2) is 0 Å². The number of hydrogen-bond donors (Lipinski definition) is 2. The molecule has 1 fully saturated rings. The third kappa shape index (κ3) is 4.08. The van der Waals surface area contributed by atoms with E-state index in [1.807, 2.05) is 0 Å². The summed E-state index contributed by atoms with van der Waals surface area (Å²) in [5.74, 6) is 1.26. The minimum absolute atomic E-state index is 0.0369. The van der Waals surface area contributed by atoms with E-state index in [-0.39, 0.29) is 11.4 Å². The third-order valence-electron chi connectivity index (χ3n) is 4.31. The lowest BCUT2D eigenvalue weighted by molar-refractivity contribution is 0.0657. The smallest absolute Gasteiger partial charge is 0.254 e. The zero-order valence-corrected chi connectivity index (χ0v) is 13.3. The van der Waals surface area contributed by atoms with Gasteiger partial charge in [0.1, 0.15) is 12.0 Å². The average molecular weight is 293 g/mol. The minimum atomic E-state index is -0.100. The van der Waals surface area contributed by atoms with Gasteiger partial charge in [-0.05, 0) is 45.2 Å². The predicted molar refractivity (Wildman–Crippen MR) is 83.0 cm³/mol. The summed E-state index contributed by atoms with van der Waals surface area (Å²) in [4.78, 5) is 14.6. The van der Waals surface area contributed by atoms with Gasteiger partial charge in [0, 0.05) is 18.6 Å². The van der Waals surface area contributed by atoms with Crippen LogP contribution in [0.15, 0.2) is 16.7 Å². The molecule has 118 valence electrons. The van der Waals surface area contributed by atoms with Gasteiger partial charge in [-0.3, -0.25) is 9.69 Å². The Labute approximate surface area is 126 Å². The number of carbonyl (C=O) groups is 1. The molecule has 5 nitrogen and oxygen atoms in total. The number of amides is 1. The molecule has 2 rings (SSSR count). The Balaban J connectivity index is 1.89. The van der Waals surface area contributed by atoms with Crippen LogP contribution < -0.4 is 11.1 Å². The van der Waals surface area contributed by atoms with E-state index in [1.54, 1.807) is 6.07 Å². The SMILES string of the molecule is CC1CCCN(C(C)(C)CNC(=O)c2coc(CN)c2)C1. The highest BCUT2D eigenvalue weighted by atomic mass is 16.3. The molecule has 0 aromatic carbocycles. The number of piperidine rings is 1. The van der Waals surface area contributed by atoms with Crippen molar-refractivity contribution in [1.82, 2.24) is 10.2 Å². The largest absolute Gasteiger partial charge is 0.467 e. The molecule has 2 heterocycles. The van der Waals surface area contributed by atoms with Gasteiger partial charge in [0.05, 0.1) is 12.1 Å². The van der Waals surface area contributed by atoms with E-state index in [1.165, 1.54) is 19.1 Å². The van der Waals surface area contributed by atoms with Gasteiger partial charge >= 0.3 is 0 Å². The van der Waals surface area contributed by atoms with Gasteiger partial charge < -0.3 is 15.5 Å². The molecule has 0 saturated carbocycles. The summed E-state index contributed by atoms with van der Waals surface area (Å²) in [6.07, 6.45) is 4.00. The summed E-state index contributed by atoms with van der Waals surface area (Å²) >= 11 is 0. The summed E-state index contributed by atoms with van der Waals surface area (Å²) in [6.45, 7) is 9.81. The zero-order valence-electron chi connectivity index (χ0n) is 13.3. The van der Waals surface area contributed by atoms with Crippen molar-refractivity contribution < 1.29 is 9.21 Å². The number of nitrogens with one attached hydrogen (secondary N) is 1. The molecule has 0 radical (unpaired) electrons. The molecule has 1 atom stereocenters. The molecule has 1 amide bonds. The first-order valence-electron chi connectivity index (χ1n) is 7.73. The van der Waals surface area contributed by atoms with E-state index in [0.717, 1.165) is 19.0 Å². The van der Waals surface area contributed by atoms with Gasteiger partial charge in [0.2, 0.25) is 0 Å². The van der Waals surface area contributed by atoms with E-state index in [9.17, 15) is 4.79 Å². The number of furan rings is 1. The minimum Gasteiger partial charge on any atom is -0.467 e. The van der Waals surface area contributed by atoms with Crippen molar-refractivity contribution in [3.8, 4) is 0 Å². The maximum atomic E-state index is 12.1. The van der Waals surface area contributed by atoms with Crippen LogP contribution in [0.3, 0.4) is 0 Å². The summed E-state index contributed by atoms with van der Waals surface area (Å²) in [6, 6.07) is 1.70. The van der Waals surface area contributed by atoms with E-state index < -0.39 is 0 Å². The number of nitrogens with two attached hydrogens (primary N) is 1. The second-order valence-electron chi connectivity index (χ2n) is 6.69. The van der Waals surface area contributed by atoms with Crippen LogP contribution in [0.4, 0.5) is 0 Å². The Hall–Kier alpha value is -1.33. The standard InChI is InChI=1S/C16H27N3O2/c1-12-5-4-6-19(9-12)16(2,3)11-18-15(20)13-7-14(8-17)21-10-13/h7,10,12H,4-6,8-9,11,17H2,1-3H3,(H,18,20). The second kappa shape index (κ2) is 6.62. The maximum absolute atomic E-state index is 12.1. The van der Waals surface area contributed by atoms with Crippen LogP contribution in [0.5, 0.6) is 0 Å². The predicted octanol–water partition coefficient (Wildman–Crippen LogP) is 1.98. The van der Waals surface area contributed by atoms with Crippen molar-refractivity contribution >= 4 is 5.91 Å². The van der Waals surface area contributed by atoms with Crippen LogP contribution >= 0.6 is 0 Å². The number of carbonyl (C=O) groups excluding carboxylic acids is 1. The van der Waals surface area contributed by atoms with Gasteiger partial charge in [-0.1, -0.05) is 6.92 Å². The Kier molecular flexibility index (Phi) is 5.06. The molecule has 1 unspecified atom stereocenters. The Bertz CT molecular complexity index is 482. The van der Waals surface area contributed by atoms with Gasteiger partial charge in [0.25, 0.3) is 5.91 Å². The molecule has 1 aromatic heterocycles. The first-order valence-corrected chi connectivity index (χ1v) is 7.73. The fraction of sp³-hybridized carbons (Fsp3) is 0.688. The zero-order chi connectivity index (χ0) is 15.5. The van der Waals surface area contributed by atoms with E-state index in [0.29, 0.717) is 24.4 Å². The summed E-state index contributed by atoms with van der Waals surface area (Å²) in [7, 11) is 0. The Morgan fingerprint density at radius 1 is 1.57 bits per heavy atom. The molecular weight excluding hydrogens is 266 g/mol. The number of likely N-dealkylation sites (tertiary alicyclic amines) is 1. The van der Waals surface area contributed by atoms with Crippen molar-refractivity contribution in [1.29, 1.82) is 0 Å². The molecule has 1 aromatic rings. The number of hydrogen-bond acceptors (Lipinski definition) is 4. The highest BCUT2D eigenvalue weighted by Gasteiger charge is 2.30. The molecular formula is C16H27N3O2. The van der Waals surface area contributed by atoms with Crippen molar-refractivity contribution in [2.75, 3.05) is 19.6 Å². The Morgan fingerprint density at radius 3 is 2.95 bits per heavy atom. The van der Waals surface area contributed by atoms with Crippen molar-refractivity contribution in [3.63, 3.8) is 0 Å². The molecule has 3 N–H and O–H groups in total. The van der Waals surface area contributed by atoms with Crippen LogP contribution in [0.1, 0.15) is 49.7 Å². The molecule has 5 heteroatoms. The van der Waals surface area contributed by atoms with Crippen molar-refractivity contribution in [3.05, 3.63) is 23.7 Å². The molecule has 21 heavy (non-hydrogen) atoms. The van der Waals surface area contributed by atoms with Gasteiger partial charge in [-0.2, -0.15) is 0 Å². The average Bonchev–Trinajstić information content (AvgIpc) is 2.94. The van der Waals surface area contributed by atoms with E-state index in [2.05, 4.69) is 31.0 Å². The first kappa shape index (κ1) is 16.0. The molecule has 0 bridgehead atoms. The lowest BCUT2D eigenvalue weighted by Crippen LogP contribution is -2.54. The second-order valence-corrected chi connectivity index (χ2v) is 6.69. The Morgan fingerprint density at radius 2 is 2.33 bits per heavy atom. The van der Waals surface area contributed by atoms with Crippen LogP contribution in [-0.4, -0.2) is 36.0 Å². The summed E-state index contributed by atoms with van der Waals surface area (Å²) < 4.78 is 5.20. The highest BCUT2D eigenvalue weighted by Crippen LogP contribution is 2.23.